The van der Waals surface area contributed by atoms with E-state index in [4.69, 9.17) is 4.74 Å². The van der Waals surface area contributed by atoms with Crippen molar-refractivity contribution in [3.8, 4) is 11.5 Å². The highest BCUT2D eigenvalue weighted by Crippen LogP contribution is 2.28. The number of phenolic OH excluding ortho intramolecular Hbond substituents is 1. The summed E-state index contributed by atoms with van der Waals surface area (Å²) >= 11 is 0. The van der Waals surface area contributed by atoms with E-state index >= 15 is 0 Å². The largest absolute Gasteiger partial charge is 0.508 e. The van der Waals surface area contributed by atoms with E-state index in [1.807, 2.05) is 0 Å². The van der Waals surface area contributed by atoms with E-state index in [0.717, 1.165) is 5.56 Å². The molecule has 0 unspecified atom stereocenters. The minimum Gasteiger partial charge on any atom is -0.508 e. The maximum Gasteiger partial charge on any atom is 0.262 e. The molecule has 3 rings (SSSR count). The van der Waals surface area contributed by atoms with Crippen molar-refractivity contribution >= 4 is 23.2 Å². The monoisotopic (exact) mass is 298 g/mol. The second-order valence-corrected chi connectivity index (χ2v) is 4.94. The third-order valence-electron chi connectivity index (χ3n) is 3.17. The summed E-state index contributed by atoms with van der Waals surface area (Å²) in [4.78, 5) is 23.3. The Balaban J connectivity index is 1.69. The quantitative estimate of drug-likeness (QED) is 0.807. The molecule has 0 bridgehead atoms. The Bertz CT molecular complexity index is 743. The maximum absolute atomic E-state index is 12.0. The van der Waals surface area contributed by atoms with Crippen LogP contribution in [-0.4, -0.2) is 23.5 Å². The molecule has 0 fully saturated rings. The molecule has 0 saturated heterocycles. The minimum atomic E-state index is -0.214. The molecule has 0 radical (unpaired) electrons. The minimum absolute atomic E-state index is 0.00430. The summed E-state index contributed by atoms with van der Waals surface area (Å²) in [6.45, 7) is 0.00430. The molecule has 6 heteroatoms. The highest BCUT2D eigenvalue weighted by molar-refractivity contribution is 5.96. The molecular formula is C16H14N2O4. The van der Waals surface area contributed by atoms with Gasteiger partial charge in [0, 0.05) is 11.8 Å². The molecule has 3 N–H and O–H groups in total. The lowest BCUT2D eigenvalue weighted by atomic mass is 10.1. The molecule has 2 amide bonds. The summed E-state index contributed by atoms with van der Waals surface area (Å²) < 4.78 is 5.26. The van der Waals surface area contributed by atoms with Gasteiger partial charge in [-0.25, -0.2) is 0 Å². The lowest BCUT2D eigenvalue weighted by Crippen LogP contribution is -2.25. The second kappa shape index (κ2) is 5.77. The molecule has 112 valence electrons. The fourth-order valence-electron chi connectivity index (χ4n) is 2.21. The molecule has 1 heterocycles. The van der Waals surface area contributed by atoms with Crippen LogP contribution in [-0.2, 0) is 16.0 Å². The van der Waals surface area contributed by atoms with Gasteiger partial charge < -0.3 is 20.5 Å². The Morgan fingerprint density at radius 3 is 2.95 bits per heavy atom. The van der Waals surface area contributed by atoms with Gasteiger partial charge in [0.05, 0.1) is 12.1 Å². The van der Waals surface area contributed by atoms with Crippen LogP contribution in [0.4, 0.5) is 11.4 Å². The molecule has 2 aromatic rings. The number of phenols is 1. The number of carbonyl (C=O) groups is 2. The number of ether oxygens (including phenoxy) is 1. The zero-order valence-electron chi connectivity index (χ0n) is 11.6. The van der Waals surface area contributed by atoms with Crippen molar-refractivity contribution in [3.05, 3.63) is 48.0 Å². The Hall–Kier alpha value is -3.02. The van der Waals surface area contributed by atoms with Crippen molar-refractivity contribution in [2.75, 3.05) is 17.2 Å². The zero-order valence-corrected chi connectivity index (χ0v) is 11.6. The van der Waals surface area contributed by atoms with Gasteiger partial charge in [0.25, 0.3) is 5.91 Å². The first-order valence-electron chi connectivity index (χ1n) is 6.74. The van der Waals surface area contributed by atoms with Crippen LogP contribution in [0.25, 0.3) is 0 Å². The topological polar surface area (TPSA) is 87.7 Å². The summed E-state index contributed by atoms with van der Waals surface area (Å²) in [5.41, 5.74) is 1.85. The number of fused-ring (bicyclic) bond motifs is 1. The first-order chi connectivity index (χ1) is 10.6. The molecule has 22 heavy (non-hydrogen) atoms. The van der Waals surface area contributed by atoms with Gasteiger partial charge in [-0.2, -0.15) is 0 Å². The van der Waals surface area contributed by atoms with Gasteiger partial charge in [-0.15, -0.1) is 0 Å². The van der Waals surface area contributed by atoms with Gasteiger partial charge in [0.1, 0.15) is 11.5 Å². The van der Waals surface area contributed by atoms with E-state index in [1.54, 1.807) is 30.3 Å². The lowest BCUT2D eigenvalue weighted by molar-refractivity contribution is -0.118. The van der Waals surface area contributed by atoms with Crippen LogP contribution in [0.2, 0.25) is 0 Å². The number of hydrogen-bond donors (Lipinski definition) is 3. The molecule has 0 atom stereocenters. The van der Waals surface area contributed by atoms with E-state index in [1.165, 1.54) is 12.1 Å². The fourth-order valence-corrected chi connectivity index (χ4v) is 2.21. The smallest absolute Gasteiger partial charge is 0.262 e. The average molecular weight is 298 g/mol. The highest BCUT2D eigenvalue weighted by Gasteiger charge is 2.16. The molecule has 0 aliphatic carbocycles. The van der Waals surface area contributed by atoms with E-state index in [2.05, 4.69) is 10.6 Å². The number of benzene rings is 2. The molecule has 1 aliphatic rings. The first-order valence-corrected chi connectivity index (χ1v) is 6.74. The Morgan fingerprint density at radius 1 is 1.27 bits per heavy atom. The summed E-state index contributed by atoms with van der Waals surface area (Å²) in [6, 6.07) is 11.6. The van der Waals surface area contributed by atoms with E-state index in [-0.39, 0.29) is 30.6 Å². The van der Waals surface area contributed by atoms with Crippen LogP contribution < -0.4 is 15.4 Å². The molecule has 0 spiro atoms. The van der Waals surface area contributed by atoms with Crippen molar-refractivity contribution in [2.24, 2.45) is 0 Å². The van der Waals surface area contributed by atoms with Crippen LogP contribution in [0.1, 0.15) is 5.56 Å². The van der Waals surface area contributed by atoms with Gasteiger partial charge in [-0.1, -0.05) is 12.1 Å². The number of amides is 2. The van der Waals surface area contributed by atoms with Gasteiger partial charge in [0.15, 0.2) is 6.61 Å². The van der Waals surface area contributed by atoms with Crippen molar-refractivity contribution in [1.29, 1.82) is 0 Å². The van der Waals surface area contributed by atoms with Gasteiger partial charge >= 0.3 is 0 Å². The Morgan fingerprint density at radius 2 is 2.14 bits per heavy atom. The fraction of sp³-hybridized carbons (Fsp3) is 0.125. The first kappa shape index (κ1) is 13.9. The second-order valence-electron chi connectivity index (χ2n) is 4.94. The van der Waals surface area contributed by atoms with Crippen LogP contribution >= 0.6 is 0 Å². The summed E-state index contributed by atoms with van der Waals surface area (Å²) in [5.74, 6) is 0.255. The Labute approximate surface area is 126 Å². The van der Waals surface area contributed by atoms with Gasteiger partial charge in [-0.05, 0) is 29.8 Å². The summed E-state index contributed by atoms with van der Waals surface area (Å²) in [5, 5.41) is 14.8. The molecule has 0 saturated carbocycles. The lowest BCUT2D eigenvalue weighted by Gasteiger charge is -2.18. The molecule has 0 aromatic heterocycles. The number of rotatable bonds is 3. The van der Waals surface area contributed by atoms with Crippen LogP contribution in [0.5, 0.6) is 11.5 Å². The normalized spacial score (nSPS) is 12.8. The van der Waals surface area contributed by atoms with E-state index in [9.17, 15) is 14.7 Å². The van der Waals surface area contributed by atoms with Crippen LogP contribution in [0, 0.1) is 0 Å². The predicted octanol–water partition coefficient (Wildman–Crippen LogP) is 1.90. The molecule has 6 nitrogen and oxygen atoms in total. The number of hydrogen-bond acceptors (Lipinski definition) is 4. The number of aromatic hydroxyl groups is 1. The van der Waals surface area contributed by atoms with Crippen LogP contribution in [0.3, 0.4) is 0 Å². The van der Waals surface area contributed by atoms with E-state index < -0.39 is 0 Å². The van der Waals surface area contributed by atoms with Crippen molar-refractivity contribution in [3.63, 3.8) is 0 Å². The number of nitrogens with one attached hydrogen (secondary N) is 2. The maximum atomic E-state index is 12.0. The standard InChI is InChI=1S/C16H14N2O4/c19-12-3-1-2-11(8-12)17-15(20)7-10-4-5-14-13(6-10)18-16(21)9-22-14/h1-6,8,19H,7,9H2,(H,17,20)(H,18,21). The molecular weight excluding hydrogens is 284 g/mol. The third kappa shape index (κ3) is 3.17. The van der Waals surface area contributed by atoms with Crippen molar-refractivity contribution in [2.45, 2.75) is 6.42 Å². The summed E-state index contributed by atoms with van der Waals surface area (Å²) in [7, 11) is 0. The van der Waals surface area contributed by atoms with Crippen LogP contribution in [0.15, 0.2) is 42.5 Å². The third-order valence-corrected chi connectivity index (χ3v) is 3.17. The highest BCUT2D eigenvalue weighted by atomic mass is 16.5. The van der Waals surface area contributed by atoms with Gasteiger partial charge in [-0.3, -0.25) is 9.59 Å². The predicted molar refractivity (Wildman–Crippen MR) is 81.0 cm³/mol. The molecule has 2 aromatic carbocycles. The number of carbonyl (C=O) groups excluding carboxylic acids is 2. The van der Waals surface area contributed by atoms with Crippen molar-refractivity contribution in [1.82, 2.24) is 0 Å². The van der Waals surface area contributed by atoms with E-state index in [0.29, 0.717) is 17.1 Å². The zero-order chi connectivity index (χ0) is 15.5. The van der Waals surface area contributed by atoms with Gasteiger partial charge in [0.2, 0.25) is 5.91 Å². The Kier molecular flexibility index (Phi) is 3.65. The number of anilines is 2. The molecule has 1 aliphatic heterocycles. The van der Waals surface area contributed by atoms with Crippen molar-refractivity contribution < 1.29 is 19.4 Å². The summed E-state index contributed by atoms with van der Waals surface area (Å²) in [6.07, 6.45) is 0.152. The average Bonchev–Trinajstić information content (AvgIpc) is 2.46. The SMILES string of the molecule is O=C(Cc1ccc2c(c1)NC(=O)CO2)Nc1cccc(O)c1.